The number of ether oxygens (including phenoxy) is 6. The summed E-state index contributed by atoms with van der Waals surface area (Å²) < 4.78 is 38.2. The number of esters is 4. The van der Waals surface area contributed by atoms with Gasteiger partial charge in [-0.05, 0) is 0 Å². The normalized spacial score (nSPS) is 32.4. The molecule has 0 radical (unpaired) electrons. The van der Waals surface area contributed by atoms with Crippen LogP contribution < -0.4 is 0 Å². The van der Waals surface area contributed by atoms with Gasteiger partial charge < -0.3 is 28.4 Å². The van der Waals surface area contributed by atoms with Crippen molar-refractivity contribution in [1.82, 2.24) is 30.0 Å². The number of rotatable bonds is 10. The third kappa shape index (κ3) is 7.88. The summed E-state index contributed by atoms with van der Waals surface area (Å²) in [5, 5.41) is 16.2. The van der Waals surface area contributed by atoms with E-state index in [1.165, 1.54) is 51.9 Å². The Hall–Kier alpha value is -3.57. The van der Waals surface area contributed by atoms with Crippen LogP contribution in [0.15, 0.2) is 24.8 Å². The molecule has 236 valence electrons. The van der Waals surface area contributed by atoms with Crippen LogP contribution in [0.1, 0.15) is 53.6 Å². The van der Waals surface area contributed by atoms with E-state index in [4.69, 9.17) is 28.4 Å². The lowest BCUT2D eigenvalue weighted by molar-refractivity contribution is -0.194. The van der Waals surface area contributed by atoms with Gasteiger partial charge in [-0.25, -0.2) is 9.36 Å². The van der Waals surface area contributed by atoms with E-state index in [9.17, 15) is 19.2 Å². The predicted octanol–water partition coefficient (Wildman–Crippen LogP) is 1.10. The van der Waals surface area contributed by atoms with E-state index < -0.39 is 71.2 Å². The summed E-state index contributed by atoms with van der Waals surface area (Å²) in [4.78, 5) is 47.9. The van der Waals surface area contributed by atoms with Gasteiger partial charge >= 0.3 is 23.9 Å². The molecular weight excluding hydrogens is 588 g/mol. The van der Waals surface area contributed by atoms with Crippen LogP contribution in [0.3, 0.4) is 0 Å². The summed E-state index contributed by atoms with van der Waals surface area (Å²) in [5.41, 5.74) is -1.51. The first-order valence-corrected chi connectivity index (χ1v) is 14.7. The monoisotopic (exact) mass is 624 g/mol. The number of aromatic nitrogens is 6. The molecule has 0 amide bonds. The fraction of sp³-hybridized carbons (Fsp3) is 0.692. The summed E-state index contributed by atoms with van der Waals surface area (Å²) >= 11 is 1.23. The molecule has 2 aromatic rings. The van der Waals surface area contributed by atoms with E-state index in [1.807, 2.05) is 13.8 Å². The molecule has 10 atom stereocenters. The zero-order chi connectivity index (χ0) is 31.3. The molecule has 4 rings (SSSR count). The Morgan fingerprint density at radius 3 is 1.67 bits per heavy atom. The maximum atomic E-state index is 12.3. The van der Waals surface area contributed by atoms with Gasteiger partial charge in [-0.3, -0.25) is 19.2 Å². The van der Waals surface area contributed by atoms with E-state index in [0.29, 0.717) is 0 Å². The molecule has 0 saturated carbocycles. The SMILES string of the molecule is CC(=O)OCC1O[C@@H](SC2O[C@H](COC(C)=O)C(OC(C)=O)C(n3ccnn3)[C@H]2C)C(OC(C)=O)[C@@H](n2ccnn2)[C@H]1C. The van der Waals surface area contributed by atoms with Crippen molar-refractivity contribution >= 4 is 35.6 Å². The predicted molar refractivity (Wildman–Crippen MR) is 146 cm³/mol. The Morgan fingerprint density at radius 2 is 1.19 bits per heavy atom. The summed E-state index contributed by atoms with van der Waals surface area (Å²) in [6.45, 7) is 8.68. The standard InChI is InChI=1S/C26H36N6O10S/c1-13-19(11-37-15(3)33)41-26(24(40-18(6)36)21(13)31-9-7-27-29-31)43-25-14(2)22(32-10-8-28-30-32)23(39-17(5)35)20(42-25)12-38-16(4)34/h7-10,13-14,19-26H,11-12H2,1-6H3/t13-,14+,19?,20+,21-,22?,23?,24?,25?,26-/m0/s1. The quantitative estimate of drug-likeness (QED) is 0.270. The zero-order valence-electron chi connectivity index (χ0n) is 24.7. The third-order valence-electron chi connectivity index (χ3n) is 7.29. The maximum absolute atomic E-state index is 12.3. The highest BCUT2D eigenvalue weighted by atomic mass is 32.2. The molecule has 2 saturated heterocycles. The van der Waals surface area contributed by atoms with Crippen molar-refractivity contribution in [2.45, 2.75) is 88.9 Å². The first-order valence-electron chi connectivity index (χ1n) is 13.7. The summed E-state index contributed by atoms with van der Waals surface area (Å²) in [6, 6.07) is -1.11. The van der Waals surface area contributed by atoms with Crippen molar-refractivity contribution < 1.29 is 47.6 Å². The zero-order valence-corrected chi connectivity index (χ0v) is 25.5. The van der Waals surface area contributed by atoms with E-state index in [2.05, 4.69) is 20.6 Å². The second kappa shape index (κ2) is 14.3. The lowest BCUT2D eigenvalue weighted by Crippen LogP contribution is -2.56. The molecule has 16 nitrogen and oxygen atoms in total. The average Bonchev–Trinajstić information content (AvgIpc) is 3.64. The van der Waals surface area contributed by atoms with E-state index in [0.717, 1.165) is 0 Å². The second-order valence-electron chi connectivity index (χ2n) is 10.4. The van der Waals surface area contributed by atoms with Crippen LogP contribution >= 0.6 is 11.8 Å². The molecule has 43 heavy (non-hydrogen) atoms. The van der Waals surface area contributed by atoms with Gasteiger partial charge in [0.25, 0.3) is 0 Å². The molecular formula is C26H36N6O10S. The Labute approximate surface area is 252 Å². The summed E-state index contributed by atoms with van der Waals surface area (Å²) in [7, 11) is 0. The second-order valence-corrected chi connectivity index (χ2v) is 11.6. The topological polar surface area (TPSA) is 185 Å². The Bertz CT molecular complexity index is 1250. The first-order chi connectivity index (χ1) is 20.5. The van der Waals surface area contributed by atoms with Crippen LogP contribution in [-0.4, -0.2) is 102 Å². The maximum Gasteiger partial charge on any atom is 0.303 e. The molecule has 2 aliphatic heterocycles. The highest BCUT2D eigenvalue weighted by molar-refractivity contribution is 8.00. The molecule has 0 bridgehead atoms. The highest BCUT2D eigenvalue weighted by Crippen LogP contribution is 2.47. The van der Waals surface area contributed by atoms with Crippen LogP contribution in [0.25, 0.3) is 0 Å². The van der Waals surface area contributed by atoms with Gasteiger partial charge in [0.15, 0.2) is 12.2 Å². The van der Waals surface area contributed by atoms with Crippen LogP contribution in [0.5, 0.6) is 0 Å². The fourth-order valence-corrected chi connectivity index (χ4v) is 6.88. The summed E-state index contributed by atoms with van der Waals surface area (Å²) in [6.07, 6.45) is 3.11. The molecule has 2 fully saturated rings. The van der Waals surface area contributed by atoms with Gasteiger partial charge in [0, 0.05) is 51.9 Å². The van der Waals surface area contributed by atoms with Crippen LogP contribution in [0, 0.1) is 11.8 Å². The number of carbonyl (C=O) groups excluding carboxylic acids is 4. The molecule has 4 heterocycles. The lowest BCUT2D eigenvalue weighted by atomic mass is 9.89. The molecule has 0 aliphatic carbocycles. The third-order valence-corrected chi connectivity index (χ3v) is 8.74. The number of nitrogens with zero attached hydrogens (tertiary/aromatic N) is 6. The molecule has 0 aromatic carbocycles. The van der Waals surface area contributed by atoms with E-state index in [-0.39, 0.29) is 25.0 Å². The first kappa shape index (κ1) is 32.3. The fourth-order valence-electron chi connectivity index (χ4n) is 5.42. The van der Waals surface area contributed by atoms with Crippen LogP contribution in [0.4, 0.5) is 0 Å². The van der Waals surface area contributed by atoms with Gasteiger partial charge in [-0.15, -0.1) is 10.2 Å². The van der Waals surface area contributed by atoms with E-state index >= 15 is 0 Å². The van der Waals surface area contributed by atoms with Crippen LogP contribution in [0.2, 0.25) is 0 Å². The van der Waals surface area contributed by atoms with Crippen molar-refractivity contribution in [3.63, 3.8) is 0 Å². The lowest BCUT2D eigenvalue weighted by Gasteiger charge is -2.48. The highest BCUT2D eigenvalue weighted by Gasteiger charge is 2.53. The van der Waals surface area contributed by atoms with Crippen molar-refractivity contribution in [3.8, 4) is 0 Å². The molecule has 0 spiro atoms. The van der Waals surface area contributed by atoms with Crippen molar-refractivity contribution in [2.24, 2.45) is 11.8 Å². The largest absolute Gasteiger partial charge is 0.463 e. The van der Waals surface area contributed by atoms with Gasteiger partial charge in [0.2, 0.25) is 0 Å². The minimum Gasteiger partial charge on any atom is -0.463 e. The van der Waals surface area contributed by atoms with Crippen molar-refractivity contribution in [1.29, 1.82) is 0 Å². The molecule has 5 unspecified atom stereocenters. The molecule has 0 N–H and O–H groups in total. The molecule has 17 heteroatoms. The molecule has 2 aliphatic rings. The Kier molecular flexibility index (Phi) is 10.7. The van der Waals surface area contributed by atoms with Gasteiger partial charge in [0.05, 0.1) is 30.6 Å². The Morgan fingerprint density at radius 1 is 0.698 bits per heavy atom. The van der Waals surface area contributed by atoms with Crippen LogP contribution in [-0.2, 0) is 47.6 Å². The number of hydrogen-bond acceptors (Lipinski definition) is 15. The summed E-state index contributed by atoms with van der Waals surface area (Å²) in [5.74, 6) is -2.79. The number of thioether (sulfide) groups is 1. The number of carbonyl (C=O) groups is 4. The minimum absolute atomic E-state index is 0.0438. The Balaban J connectivity index is 1.70. The molecule has 2 aromatic heterocycles. The van der Waals surface area contributed by atoms with Gasteiger partial charge in [0.1, 0.15) is 30.2 Å². The smallest absolute Gasteiger partial charge is 0.303 e. The van der Waals surface area contributed by atoms with Crippen molar-refractivity contribution in [3.05, 3.63) is 24.8 Å². The number of hydrogen-bond donors (Lipinski definition) is 0. The minimum atomic E-state index is -0.881. The van der Waals surface area contributed by atoms with Crippen molar-refractivity contribution in [2.75, 3.05) is 13.2 Å². The van der Waals surface area contributed by atoms with Gasteiger partial charge in [-0.1, -0.05) is 36.0 Å². The average molecular weight is 625 g/mol. The van der Waals surface area contributed by atoms with Gasteiger partial charge in [-0.2, -0.15) is 0 Å². The van der Waals surface area contributed by atoms with E-state index in [1.54, 1.807) is 21.8 Å².